The van der Waals surface area contributed by atoms with E-state index in [0.717, 1.165) is 0 Å². The number of hydrogen-bond donors (Lipinski definition) is 0. The maximum atomic E-state index is 10.5. The Labute approximate surface area is 57.9 Å². The quantitative estimate of drug-likeness (QED) is 0.523. The monoisotopic (exact) mass is 136 g/mol. The molecule has 2 radical (unpaired) electrons. The van der Waals surface area contributed by atoms with Gasteiger partial charge in [-0.2, -0.15) is 0 Å². The summed E-state index contributed by atoms with van der Waals surface area (Å²) < 4.78 is 10.5. The average Bonchev–Trinajstić information content (AvgIpc) is 1.90. The maximum absolute atomic E-state index is 10.5. The number of benzene rings is 1. The van der Waals surface area contributed by atoms with Gasteiger partial charge in [0.15, 0.2) is 0 Å². The molecule has 1 aromatic carbocycles. The van der Waals surface area contributed by atoms with E-state index in [0.29, 0.717) is 4.90 Å². The van der Waals surface area contributed by atoms with E-state index >= 15 is 0 Å². The molecule has 0 spiro atoms. The zero-order chi connectivity index (χ0) is 6.69. The summed E-state index contributed by atoms with van der Waals surface area (Å²) in [7, 11) is 3.76. The van der Waals surface area contributed by atoms with Crippen LogP contribution in [0.25, 0.3) is 0 Å². The Morgan fingerprint density at radius 1 is 1.22 bits per heavy atom. The SMILES string of the molecule is [B]S(=O)c1ccccc1. The Hall–Kier alpha value is -0.565. The highest BCUT2D eigenvalue weighted by molar-refractivity contribution is 8.06. The van der Waals surface area contributed by atoms with E-state index in [1.165, 1.54) is 0 Å². The minimum atomic E-state index is -1.33. The molecule has 0 saturated carbocycles. The van der Waals surface area contributed by atoms with Gasteiger partial charge in [-0.1, -0.05) is 18.2 Å². The van der Waals surface area contributed by atoms with Crippen LogP contribution in [0.5, 0.6) is 0 Å². The van der Waals surface area contributed by atoms with Crippen molar-refractivity contribution in [2.45, 2.75) is 4.90 Å². The van der Waals surface area contributed by atoms with Crippen molar-refractivity contribution in [3.8, 4) is 0 Å². The molecule has 1 nitrogen and oxygen atoms in total. The van der Waals surface area contributed by atoms with Crippen LogP contribution in [0.4, 0.5) is 0 Å². The second-order valence-corrected chi connectivity index (χ2v) is 2.68. The Bertz CT molecular complexity index is 210. The fourth-order valence-corrected chi connectivity index (χ4v) is 0.980. The van der Waals surface area contributed by atoms with E-state index in [-0.39, 0.29) is 0 Å². The van der Waals surface area contributed by atoms with E-state index in [4.69, 9.17) is 7.12 Å². The van der Waals surface area contributed by atoms with Crippen LogP contribution in [-0.2, 0) is 10.7 Å². The van der Waals surface area contributed by atoms with Gasteiger partial charge in [0.2, 0.25) is 7.12 Å². The maximum Gasteiger partial charge on any atom is 0.217 e. The van der Waals surface area contributed by atoms with Crippen LogP contribution in [0.2, 0.25) is 0 Å². The fraction of sp³-hybridized carbons (Fsp3) is 0. The fourth-order valence-electron chi connectivity index (χ4n) is 0.555. The molecule has 0 aliphatic carbocycles. The second-order valence-electron chi connectivity index (χ2n) is 1.61. The predicted molar refractivity (Wildman–Crippen MR) is 38.6 cm³/mol. The van der Waals surface area contributed by atoms with Gasteiger partial charge in [0.05, 0.1) is 0 Å². The smallest absolute Gasteiger partial charge is 0.217 e. The molecule has 1 rings (SSSR count). The number of rotatable bonds is 1. The van der Waals surface area contributed by atoms with Crippen molar-refractivity contribution < 1.29 is 4.21 Å². The van der Waals surface area contributed by atoms with Gasteiger partial charge in [-0.3, -0.25) is 4.21 Å². The van der Waals surface area contributed by atoms with Gasteiger partial charge in [-0.15, -0.1) is 0 Å². The predicted octanol–water partition coefficient (Wildman–Crippen LogP) is 0.878. The summed E-state index contributed by atoms with van der Waals surface area (Å²) in [4.78, 5) is 0.664. The first-order valence-electron chi connectivity index (χ1n) is 2.52. The van der Waals surface area contributed by atoms with Crippen LogP contribution < -0.4 is 0 Å². The summed E-state index contributed by atoms with van der Waals surface area (Å²) in [5.74, 6) is 0. The van der Waals surface area contributed by atoms with Gasteiger partial charge in [-0.25, -0.2) is 0 Å². The van der Waals surface area contributed by atoms with Crippen LogP contribution in [0, 0.1) is 0 Å². The summed E-state index contributed by atoms with van der Waals surface area (Å²) in [6, 6.07) is 8.93. The first-order valence-corrected chi connectivity index (χ1v) is 3.73. The lowest BCUT2D eigenvalue weighted by Crippen LogP contribution is -1.86. The van der Waals surface area contributed by atoms with Crippen molar-refractivity contribution in [1.29, 1.82) is 0 Å². The van der Waals surface area contributed by atoms with Crippen molar-refractivity contribution in [3.05, 3.63) is 30.3 Å². The Morgan fingerprint density at radius 2 is 1.78 bits per heavy atom. The molecule has 1 aromatic rings. The molecule has 1 unspecified atom stereocenters. The Kier molecular flexibility index (Phi) is 2.06. The van der Waals surface area contributed by atoms with Crippen molar-refractivity contribution in [3.63, 3.8) is 0 Å². The second kappa shape index (κ2) is 2.83. The molecule has 0 aromatic heterocycles. The minimum absolute atomic E-state index is 0.664. The van der Waals surface area contributed by atoms with E-state index in [2.05, 4.69) is 0 Å². The largest absolute Gasteiger partial charge is 0.268 e. The third-order valence-corrected chi connectivity index (χ3v) is 1.71. The van der Waals surface area contributed by atoms with Crippen molar-refractivity contribution in [2.24, 2.45) is 0 Å². The summed E-state index contributed by atoms with van der Waals surface area (Å²) in [5, 5.41) is 0. The summed E-state index contributed by atoms with van der Waals surface area (Å²) in [5.41, 5.74) is 0. The molecule has 9 heavy (non-hydrogen) atoms. The highest BCUT2D eigenvalue weighted by atomic mass is 32.2. The lowest BCUT2D eigenvalue weighted by molar-refractivity contribution is 0.691. The van der Waals surface area contributed by atoms with Crippen molar-refractivity contribution >= 4 is 17.8 Å². The standard InChI is InChI=1S/C6H5BOS/c7-9(8)6-4-2-1-3-5-6/h1-5H. The zero-order valence-electron chi connectivity index (χ0n) is 4.78. The van der Waals surface area contributed by atoms with Gasteiger partial charge < -0.3 is 0 Å². The van der Waals surface area contributed by atoms with Gasteiger partial charge in [0, 0.05) is 4.90 Å². The molecular weight excluding hydrogens is 131 g/mol. The summed E-state index contributed by atoms with van der Waals surface area (Å²) >= 11 is 0. The molecule has 0 bridgehead atoms. The van der Waals surface area contributed by atoms with Crippen molar-refractivity contribution in [2.75, 3.05) is 0 Å². The Morgan fingerprint density at radius 3 is 2.11 bits per heavy atom. The van der Waals surface area contributed by atoms with Crippen LogP contribution in [0.1, 0.15) is 0 Å². The molecule has 0 heterocycles. The third kappa shape index (κ3) is 1.68. The first kappa shape index (κ1) is 6.55. The highest BCUT2D eigenvalue weighted by Crippen LogP contribution is 2.00. The molecule has 3 heteroatoms. The van der Waals surface area contributed by atoms with Crippen LogP contribution in [0.3, 0.4) is 0 Å². The lowest BCUT2D eigenvalue weighted by Gasteiger charge is -1.91. The Balaban J connectivity index is 2.98. The molecule has 1 atom stereocenters. The summed E-state index contributed by atoms with van der Waals surface area (Å²) in [6.07, 6.45) is 0. The van der Waals surface area contributed by atoms with Crippen LogP contribution >= 0.6 is 0 Å². The minimum Gasteiger partial charge on any atom is -0.268 e. The molecule has 0 aliphatic heterocycles. The van der Waals surface area contributed by atoms with Gasteiger partial charge in [-0.05, 0) is 22.8 Å². The van der Waals surface area contributed by atoms with Gasteiger partial charge in [0.1, 0.15) is 0 Å². The van der Waals surface area contributed by atoms with Gasteiger partial charge >= 0.3 is 0 Å². The van der Waals surface area contributed by atoms with Crippen LogP contribution in [-0.4, -0.2) is 11.3 Å². The van der Waals surface area contributed by atoms with E-state index in [9.17, 15) is 4.21 Å². The molecule has 44 valence electrons. The van der Waals surface area contributed by atoms with E-state index in [1.807, 2.05) is 6.07 Å². The lowest BCUT2D eigenvalue weighted by atomic mass is 10.4. The van der Waals surface area contributed by atoms with E-state index < -0.39 is 10.7 Å². The normalized spacial score (nSPS) is 12.9. The third-order valence-electron chi connectivity index (χ3n) is 0.976. The van der Waals surface area contributed by atoms with Gasteiger partial charge in [0.25, 0.3) is 0 Å². The topological polar surface area (TPSA) is 17.1 Å². The molecule has 0 fully saturated rings. The molecule has 0 N–H and O–H groups in total. The zero-order valence-corrected chi connectivity index (χ0v) is 5.60. The summed E-state index contributed by atoms with van der Waals surface area (Å²) in [6.45, 7) is 0. The van der Waals surface area contributed by atoms with E-state index in [1.54, 1.807) is 24.3 Å². The molecule has 0 amide bonds. The molecule has 0 aliphatic rings. The molecule has 0 saturated heterocycles. The number of hydrogen-bond acceptors (Lipinski definition) is 1. The first-order chi connectivity index (χ1) is 4.30. The van der Waals surface area contributed by atoms with Crippen molar-refractivity contribution in [1.82, 2.24) is 0 Å². The highest BCUT2D eigenvalue weighted by Gasteiger charge is 1.90. The molecular formula is C6H5BOS. The van der Waals surface area contributed by atoms with Crippen LogP contribution in [0.15, 0.2) is 35.2 Å². The average molecular weight is 136 g/mol.